The van der Waals surface area contributed by atoms with Gasteiger partial charge in [0.15, 0.2) is 0 Å². The Morgan fingerprint density at radius 2 is 2.16 bits per heavy atom. The highest BCUT2D eigenvalue weighted by Gasteiger charge is 2.47. The molecule has 1 aliphatic rings. The number of pyridine rings is 1. The maximum atomic E-state index is 10.9. The number of thioether (sulfide) groups is 2. The second-order valence-corrected chi connectivity index (χ2v) is 9.94. The molecule has 3 aromatic heterocycles. The molecule has 2 N–H and O–H groups in total. The molecule has 0 aromatic carbocycles. The average molecular weight is 502 g/mol. The van der Waals surface area contributed by atoms with E-state index < -0.39 is 29.8 Å². The largest absolute Gasteiger partial charge is 0.394 e. The van der Waals surface area contributed by atoms with Gasteiger partial charge in [0.1, 0.15) is 45.6 Å². The molecule has 3 aromatic rings. The van der Waals surface area contributed by atoms with Crippen LogP contribution in [0.1, 0.15) is 6.04 Å². The van der Waals surface area contributed by atoms with Crippen molar-refractivity contribution in [1.82, 2.24) is 25.0 Å². The predicted molar refractivity (Wildman–Crippen MR) is 120 cm³/mol. The van der Waals surface area contributed by atoms with E-state index in [2.05, 4.69) is 20.3 Å². The summed E-state index contributed by atoms with van der Waals surface area (Å²) in [6, 6.07) is 1.37. The zero-order valence-electron chi connectivity index (χ0n) is 16.5. The SMILES string of the molecule is CO[C@@H]1[C@@H](n2cc(-c3nc(Cl)cs3)nn2)[C@@H](O)[C@@H](CO)O[C@@H]1Sc1cncc(SC)c1. The normalized spacial score (nSPS) is 26.3. The summed E-state index contributed by atoms with van der Waals surface area (Å²) in [4.78, 5) is 10.4. The lowest BCUT2D eigenvalue weighted by Gasteiger charge is -2.43. The minimum Gasteiger partial charge on any atom is -0.394 e. The highest BCUT2D eigenvalue weighted by molar-refractivity contribution is 8.00. The third kappa shape index (κ3) is 4.91. The summed E-state index contributed by atoms with van der Waals surface area (Å²) in [6.45, 7) is -0.349. The van der Waals surface area contributed by atoms with Crippen LogP contribution in [0, 0.1) is 0 Å². The molecule has 5 atom stereocenters. The Balaban J connectivity index is 1.64. The molecule has 13 heteroatoms. The summed E-state index contributed by atoms with van der Waals surface area (Å²) < 4.78 is 13.3. The highest BCUT2D eigenvalue weighted by atomic mass is 35.5. The van der Waals surface area contributed by atoms with Crippen molar-refractivity contribution < 1.29 is 19.7 Å². The summed E-state index contributed by atoms with van der Waals surface area (Å²) in [7, 11) is 1.55. The van der Waals surface area contributed by atoms with Gasteiger partial charge in [0.05, 0.1) is 12.8 Å². The van der Waals surface area contributed by atoms with Gasteiger partial charge in [-0.05, 0) is 12.3 Å². The summed E-state index contributed by atoms with van der Waals surface area (Å²) in [6.07, 6.45) is 4.75. The summed E-state index contributed by atoms with van der Waals surface area (Å²) >= 11 is 10.3. The number of aliphatic hydroxyl groups is 2. The second kappa shape index (κ2) is 10.1. The third-order valence-electron chi connectivity index (χ3n) is 4.78. The van der Waals surface area contributed by atoms with Gasteiger partial charge in [0.2, 0.25) is 0 Å². The maximum absolute atomic E-state index is 10.9. The van der Waals surface area contributed by atoms with Crippen molar-refractivity contribution in [2.75, 3.05) is 20.0 Å². The lowest BCUT2D eigenvalue weighted by atomic mass is 9.97. The average Bonchev–Trinajstić information content (AvgIpc) is 3.43. The molecule has 9 nitrogen and oxygen atoms in total. The number of methoxy groups -OCH3 is 1. The predicted octanol–water partition coefficient (Wildman–Crippen LogP) is 2.60. The van der Waals surface area contributed by atoms with E-state index in [1.54, 1.807) is 47.5 Å². The quantitative estimate of drug-likeness (QED) is 0.468. The van der Waals surface area contributed by atoms with Crippen LogP contribution in [0.25, 0.3) is 10.7 Å². The Morgan fingerprint density at radius 3 is 2.84 bits per heavy atom. The van der Waals surface area contributed by atoms with Gasteiger partial charge in [-0.1, -0.05) is 28.6 Å². The molecule has 0 bridgehead atoms. The molecule has 0 aliphatic carbocycles. The number of hydrogen-bond acceptors (Lipinski definition) is 11. The van der Waals surface area contributed by atoms with E-state index in [0.29, 0.717) is 15.9 Å². The Kier molecular flexibility index (Phi) is 7.49. The summed E-state index contributed by atoms with van der Waals surface area (Å²) in [5, 5.41) is 31.8. The molecule has 4 heterocycles. The van der Waals surface area contributed by atoms with Crippen molar-refractivity contribution >= 4 is 46.5 Å². The number of nitrogens with zero attached hydrogens (tertiary/aromatic N) is 5. The lowest BCUT2D eigenvalue weighted by Crippen LogP contribution is -2.55. The second-order valence-electron chi connectivity index (χ2n) is 6.64. The van der Waals surface area contributed by atoms with Gasteiger partial charge in [-0.15, -0.1) is 28.2 Å². The molecule has 4 rings (SSSR count). The molecule has 0 amide bonds. The standard InChI is InChI=1S/C18H20ClN5O4S3/c1-27-16-14(24-6-11(22-23-24)17-21-13(19)8-30-17)15(26)12(7-25)28-18(16)31-10-3-9(29-2)4-20-5-10/h3-6,8,12,14-16,18,25-26H,7H2,1-2H3/t12-,14+,15+,16-,18-/m1/s1. The zero-order chi connectivity index (χ0) is 22.0. The van der Waals surface area contributed by atoms with E-state index in [1.807, 2.05) is 12.3 Å². The van der Waals surface area contributed by atoms with Crippen molar-refractivity contribution in [2.24, 2.45) is 0 Å². The molecular weight excluding hydrogens is 482 g/mol. The van der Waals surface area contributed by atoms with Crippen molar-refractivity contribution in [3.05, 3.63) is 35.2 Å². The van der Waals surface area contributed by atoms with Crippen molar-refractivity contribution in [3.63, 3.8) is 0 Å². The Hall–Kier alpha value is -1.25. The molecule has 0 saturated carbocycles. The van der Waals surface area contributed by atoms with Gasteiger partial charge >= 0.3 is 0 Å². The number of halogens is 1. The fraction of sp³-hybridized carbons (Fsp3) is 0.444. The van der Waals surface area contributed by atoms with Crippen molar-refractivity contribution in [1.29, 1.82) is 0 Å². The van der Waals surface area contributed by atoms with Gasteiger partial charge in [0, 0.05) is 34.7 Å². The summed E-state index contributed by atoms with van der Waals surface area (Å²) in [5.41, 5.74) is 0.0171. The van der Waals surface area contributed by atoms with E-state index in [-0.39, 0.29) is 6.61 Å². The van der Waals surface area contributed by atoms with Gasteiger partial charge < -0.3 is 19.7 Å². The molecular formula is C18H20ClN5O4S3. The van der Waals surface area contributed by atoms with Crippen molar-refractivity contribution in [2.45, 2.75) is 39.6 Å². The van der Waals surface area contributed by atoms with Crippen LogP contribution in [-0.2, 0) is 9.47 Å². The number of ether oxygens (including phenoxy) is 2. The van der Waals surface area contributed by atoms with Gasteiger partial charge in [-0.3, -0.25) is 4.98 Å². The molecule has 1 fully saturated rings. The molecule has 166 valence electrons. The first-order chi connectivity index (χ1) is 15.0. The molecule has 0 radical (unpaired) electrons. The first-order valence-corrected chi connectivity index (χ1v) is 12.6. The molecule has 0 unspecified atom stereocenters. The minimum absolute atomic E-state index is 0.349. The van der Waals surface area contributed by atoms with Crippen LogP contribution in [0.3, 0.4) is 0 Å². The number of hydrogen-bond donors (Lipinski definition) is 2. The minimum atomic E-state index is -1.06. The van der Waals surface area contributed by atoms with Crippen LogP contribution in [0.5, 0.6) is 0 Å². The fourth-order valence-corrected chi connectivity index (χ4v) is 5.88. The van der Waals surface area contributed by atoms with Crippen LogP contribution < -0.4 is 0 Å². The van der Waals surface area contributed by atoms with Gasteiger partial charge in [-0.25, -0.2) is 9.67 Å². The summed E-state index contributed by atoms with van der Waals surface area (Å²) in [5.74, 6) is 0. The smallest absolute Gasteiger partial charge is 0.147 e. The molecule has 1 saturated heterocycles. The van der Waals surface area contributed by atoms with E-state index >= 15 is 0 Å². The van der Waals surface area contributed by atoms with E-state index in [1.165, 1.54) is 23.1 Å². The highest BCUT2D eigenvalue weighted by Crippen LogP contribution is 2.40. The number of thiazole rings is 1. The number of rotatable bonds is 7. The van der Waals surface area contributed by atoms with E-state index in [0.717, 1.165) is 9.79 Å². The first kappa shape index (κ1) is 22.9. The molecule has 31 heavy (non-hydrogen) atoms. The van der Waals surface area contributed by atoms with E-state index in [9.17, 15) is 10.2 Å². The molecule has 0 spiro atoms. The van der Waals surface area contributed by atoms with Crippen LogP contribution in [0.4, 0.5) is 0 Å². The maximum Gasteiger partial charge on any atom is 0.147 e. The van der Waals surface area contributed by atoms with Crippen LogP contribution in [0.2, 0.25) is 5.15 Å². The zero-order valence-corrected chi connectivity index (χ0v) is 19.7. The van der Waals surface area contributed by atoms with E-state index in [4.69, 9.17) is 21.1 Å². The van der Waals surface area contributed by atoms with Gasteiger partial charge in [0.25, 0.3) is 0 Å². The first-order valence-electron chi connectivity index (χ1n) is 9.20. The topological polar surface area (TPSA) is 115 Å². The molecule has 1 aliphatic heterocycles. The monoisotopic (exact) mass is 501 g/mol. The van der Waals surface area contributed by atoms with Crippen LogP contribution in [0.15, 0.2) is 39.8 Å². The third-order valence-corrected chi connectivity index (χ3v) is 7.77. The lowest BCUT2D eigenvalue weighted by molar-refractivity contribution is -0.186. The Labute approximate surface area is 196 Å². The van der Waals surface area contributed by atoms with Gasteiger partial charge in [-0.2, -0.15) is 0 Å². The van der Waals surface area contributed by atoms with Crippen LogP contribution in [-0.4, -0.2) is 78.9 Å². The van der Waals surface area contributed by atoms with Crippen molar-refractivity contribution in [3.8, 4) is 10.7 Å². The Morgan fingerprint density at radius 1 is 1.35 bits per heavy atom. The fourth-order valence-electron chi connectivity index (χ4n) is 3.31. The number of aliphatic hydroxyl groups excluding tert-OH is 2. The Bertz CT molecular complexity index is 1020. The number of aromatic nitrogens is 5. The van der Waals surface area contributed by atoms with Crippen LogP contribution >= 0.6 is 46.5 Å².